The van der Waals surface area contributed by atoms with Crippen LogP contribution < -0.4 is 5.46 Å². The van der Waals surface area contributed by atoms with Crippen molar-refractivity contribution in [2.45, 2.75) is 57.7 Å². The summed E-state index contributed by atoms with van der Waals surface area (Å²) in [7, 11) is 3.94. The molecule has 0 amide bonds. The Bertz CT molecular complexity index is 471. The summed E-state index contributed by atoms with van der Waals surface area (Å²) in [4.78, 5) is 2.39. The number of nitrogens with zero attached hydrogens (tertiary/aromatic N) is 1. The first-order valence-electron chi connectivity index (χ1n) is 8.21. The highest BCUT2D eigenvalue weighted by Gasteiger charge is 2.35. The van der Waals surface area contributed by atoms with Gasteiger partial charge in [0.2, 0.25) is 0 Å². The molecule has 1 heterocycles. The first-order valence-corrected chi connectivity index (χ1v) is 8.21. The fourth-order valence-corrected chi connectivity index (χ4v) is 2.55. The van der Waals surface area contributed by atoms with Gasteiger partial charge >= 0.3 is 7.48 Å². The van der Waals surface area contributed by atoms with Crippen molar-refractivity contribution in [3.63, 3.8) is 0 Å². The van der Waals surface area contributed by atoms with Crippen molar-refractivity contribution in [3.8, 4) is 0 Å². The lowest BCUT2D eigenvalue weighted by atomic mass is 9.81. The molecule has 4 heteroatoms. The lowest BCUT2D eigenvalue weighted by molar-refractivity contribution is -0.0893. The van der Waals surface area contributed by atoms with Crippen LogP contribution in [0.2, 0.25) is 0 Å². The SMILES string of the molecule is CN1CCC(c2ccc([B]OC(C)(C)C(C)(C)O)cc2)CC1. The monoisotopic (exact) mass is 302 g/mol. The quantitative estimate of drug-likeness (QED) is 0.847. The van der Waals surface area contributed by atoms with Crippen LogP contribution in [0.15, 0.2) is 24.3 Å². The fourth-order valence-electron chi connectivity index (χ4n) is 2.55. The van der Waals surface area contributed by atoms with E-state index in [4.69, 9.17) is 4.65 Å². The molecule has 1 aliphatic heterocycles. The van der Waals surface area contributed by atoms with Crippen LogP contribution >= 0.6 is 0 Å². The zero-order valence-electron chi connectivity index (χ0n) is 14.6. The van der Waals surface area contributed by atoms with Gasteiger partial charge < -0.3 is 14.7 Å². The number of hydrogen-bond acceptors (Lipinski definition) is 3. The number of piperidine rings is 1. The molecule has 1 fully saturated rings. The van der Waals surface area contributed by atoms with E-state index >= 15 is 0 Å². The van der Waals surface area contributed by atoms with Gasteiger partial charge in [0.05, 0.1) is 11.2 Å². The number of aliphatic hydroxyl groups is 1. The summed E-state index contributed by atoms with van der Waals surface area (Å²) in [5.41, 5.74) is 0.943. The minimum absolute atomic E-state index is 0.625. The van der Waals surface area contributed by atoms with Crippen molar-refractivity contribution < 1.29 is 9.76 Å². The zero-order valence-corrected chi connectivity index (χ0v) is 14.6. The van der Waals surface area contributed by atoms with Crippen LogP contribution in [0.4, 0.5) is 0 Å². The van der Waals surface area contributed by atoms with Gasteiger partial charge in [-0.1, -0.05) is 29.7 Å². The van der Waals surface area contributed by atoms with Gasteiger partial charge in [-0.2, -0.15) is 0 Å². The molecule has 1 saturated heterocycles. The summed E-state index contributed by atoms with van der Waals surface area (Å²) in [6.07, 6.45) is 2.48. The standard InChI is InChI=1S/C18H29BNO2/c1-17(2,21)18(3,4)22-19-16-8-6-14(7-9-16)15-10-12-20(5)13-11-15/h6-9,15,21H,10-13H2,1-5H3. The largest absolute Gasteiger partial charge is 0.427 e. The topological polar surface area (TPSA) is 32.7 Å². The summed E-state index contributed by atoms with van der Waals surface area (Å²) < 4.78 is 5.80. The number of likely N-dealkylation sites (tertiary alicyclic amines) is 1. The minimum atomic E-state index is -0.891. The van der Waals surface area contributed by atoms with E-state index in [0.29, 0.717) is 5.92 Å². The third-order valence-corrected chi connectivity index (χ3v) is 5.09. The van der Waals surface area contributed by atoms with Crippen LogP contribution in [0, 0.1) is 0 Å². The summed E-state index contributed by atoms with van der Waals surface area (Å²) in [6, 6.07) is 8.63. The Morgan fingerprint density at radius 2 is 1.64 bits per heavy atom. The number of rotatable bonds is 5. The van der Waals surface area contributed by atoms with E-state index in [9.17, 15) is 5.11 Å². The van der Waals surface area contributed by atoms with E-state index in [2.05, 4.69) is 36.2 Å². The first kappa shape index (κ1) is 17.5. The Hall–Kier alpha value is -0.835. The third-order valence-electron chi connectivity index (χ3n) is 5.09. The normalized spacial score (nSPS) is 18.5. The van der Waals surface area contributed by atoms with E-state index in [0.717, 1.165) is 5.46 Å². The Morgan fingerprint density at radius 3 is 2.14 bits per heavy atom. The van der Waals surface area contributed by atoms with Gasteiger partial charge in [0.1, 0.15) is 0 Å². The maximum atomic E-state index is 10.1. The molecule has 1 aliphatic rings. The van der Waals surface area contributed by atoms with Gasteiger partial charge in [-0.15, -0.1) is 0 Å². The highest BCUT2D eigenvalue weighted by Crippen LogP contribution is 2.27. The van der Waals surface area contributed by atoms with Crippen LogP contribution in [0.5, 0.6) is 0 Å². The van der Waals surface area contributed by atoms with Gasteiger partial charge in [0.15, 0.2) is 0 Å². The van der Waals surface area contributed by atoms with Crippen LogP contribution in [0.3, 0.4) is 0 Å². The molecule has 0 spiro atoms. The molecule has 1 radical (unpaired) electrons. The van der Waals surface area contributed by atoms with Crippen molar-refractivity contribution >= 4 is 12.9 Å². The molecule has 2 rings (SSSR count). The molecule has 1 aromatic rings. The van der Waals surface area contributed by atoms with E-state index in [1.54, 1.807) is 21.3 Å². The van der Waals surface area contributed by atoms with Gasteiger partial charge in [-0.3, -0.25) is 0 Å². The smallest absolute Gasteiger partial charge is 0.330 e. The predicted octanol–water partition coefficient (Wildman–Crippen LogP) is 2.31. The summed E-state index contributed by atoms with van der Waals surface area (Å²) in [5.74, 6) is 0.680. The lowest BCUT2D eigenvalue weighted by Crippen LogP contribution is -2.49. The van der Waals surface area contributed by atoms with E-state index in [-0.39, 0.29) is 0 Å². The molecule has 0 bridgehead atoms. The van der Waals surface area contributed by atoms with Crippen molar-refractivity contribution in [3.05, 3.63) is 29.8 Å². The fraction of sp³-hybridized carbons (Fsp3) is 0.667. The molecule has 0 aliphatic carbocycles. The van der Waals surface area contributed by atoms with Crippen molar-refractivity contribution in [2.75, 3.05) is 20.1 Å². The third kappa shape index (κ3) is 4.34. The maximum absolute atomic E-state index is 10.1. The molecule has 0 aromatic heterocycles. The van der Waals surface area contributed by atoms with Crippen LogP contribution in [-0.4, -0.2) is 48.8 Å². The molecule has 3 nitrogen and oxygen atoms in total. The highest BCUT2D eigenvalue weighted by atomic mass is 16.5. The van der Waals surface area contributed by atoms with Gasteiger partial charge in [-0.05, 0) is 72.2 Å². The highest BCUT2D eigenvalue weighted by molar-refractivity contribution is 6.47. The second-order valence-electron chi connectivity index (χ2n) is 7.55. The predicted molar refractivity (Wildman–Crippen MR) is 92.8 cm³/mol. The zero-order chi connectivity index (χ0) is 16.4. The average Bonchev–Trinajstić information content (AvgIpc) is 2.45. The molecule has 0 saturated carbocycles. The molecule has 1 N–H and O–H groups in total. The first-order chi connectivity index (χ1) is 10.2. The molecule has 1 aromatic carbocycles. The Labute approximate surface area is 135 Å². The van der Waals surface area contributed by atoms with Crippen LogP contribution in [0.1, 0.15) is 52.0 Å². The molecule has 22 heavy (non-hydrogen) atoms. The van der Waals surface area contributed by atoms with Crippen LogP contribution in [0.25, 0.3) is 0 Å². The summed E-state index contributed by atoms with van der Waals surface area (Å²) in [5, 5.41) is 10.1. The van der Waals surface area contributed by atoms with E-state index in [1.165, 1.54) is 31.5 Å². The average molecular weight is 302 g/mol. The maximum Gasteiger partial charge on any atom is 0.330 e. The Kier molecular flexibility index (Phi) is 5.36. The van der Waals surface area contributed by atoms with Crippen LogP contribution in [-0.2, 0) is 4.65 Å². The van der Waals surface area contributed by atoms with E-state index < -0.39 is 11.2 Å². The second-order valence-corrected chi connectivity index (χ2v) is 7.55. The minimum Gasteiger partial charge on any atom is -0.427 e. The number of benzene rings is 1. The summed E-state index contributed by atoms with van der Waals surface area (Å²) in [6.45, 7) is 9.70. The second kappa shape index (κ2) is 6.73. The van der Waals surface area contributed by atoms with Crippen molar-refractivity contribution in [2.24, 2.45) is 0 Å². The molecule has 121 valence electrons. The van der Waals surface area contributed by atoms with Gasteiger partial charge in [0, 0.05) is 0 Å². The lowest BCUT2D eigenvalue weighted by Gasteiger charge is -2.37. The molecular weight excluding hydrogens is 273 g/mol. The van der Waals surface area contributed by atoms with Gasteiger partial charge in [-0.25, -0.2) is 0 Å². The van der Waals surface area contributed by atoms with Crippen molar-refractivity contribution in [1.82, 2.24) is 4.90 Å². The molecule has 0 atom stereocenters. The van der Waals surface area contributed by atoms with Crippen molar-refractivity contribution in [1.29, 1.82) is 0 Å². The number of hydrogen-bond donors (Lipinski definition) is 1. The van der Waals surface area contributed by atoms with E-state index in [1.807, 2.05) is 13.8 Å². The summed E-state index contributed by atoms with van der Waals surface area (Å²) >= 11 is 0. The van der Waals surface area contributed by atoms with Gasteiger partial charge in [0.25, 0.3) is 0 Å². The molecule has 0 unspecified atom stereocenters. The Balaban J connectivity index is 1.92. The molecular formula is C18H29BNO2. The Morgan fingerprint density at radius 1 is 1.09 bits per heavy atom.